The van der Waals surface area contributed by atoms with Crippen LogP contribution < -0.4 is 0 Å². The fourth-order valence-corrected chi connectivity index (χ4v) is 1.60. The SMILES string of the molecule is Cc1cc(C(=O)O)nn1Cc1cc(F)ccc1F. The molecule has 0 spiro atoms. The third-order valence-corrected chi connectivity index (χ3v) is 2.53. The Morgan fingerprint density at radius 2 is 2.11 bits per heavy atom. The summed E-state index contributed by atoms with van der Waals surface area (Å²) in [5.74, 6) is -2.26. The molecule has 1 heterocycles. The van der Waals surface area contributed by atoms with Crippen LogP contribution in [0.15, 0.2) is 24.3 Å². The van der Waals surface area contributed by atoms with Gasteiger partial charge in [-0.25, -0.2) is 13.6 Å². The van der Waals surface area contributed by atoms with Crippen molar-refractivity contribution in [3.05, 3.63) is 52.9 Å². The summed E-state index contributed by atoms with van der Waals surface area (Å²) < 4.78 is 27.7. The number of aromatic carboxylic acids is 1. The van der Waals surface area contributed by atoms with Crippen LogP contribution >= 0.6 is 0 Å². The standard InChI is InChI=1S/C12H10F2N2O2/c1-7-4-11(12(17)18)15-16(7)6-8-5-9(13)2-3-10(8)14/h2-5H,6H2,1H3,(H,17,18). The average molecular weight is 252 g/mol. The van der Waals surface area contributed by atoms with E-state index in [1.807, 2.05) is 0 Å². The summed E-state index contributed by atoms with van der Waals surface area (Å²) in [6.07, 6.45) is 0. The molecule has 2 aromatic rings. The second kappa shape index (κ2) is 4.56. The Balaban J connectivity index is 2.34. The molecule has 0 aliphatic rings. The number of nitrogens with zero attached hydrogens (tertiary/aromatic N) is 2. The lowest BCUT2D eigenvalue weighted by Gasteiger charge is -2.05. The van der Waals surface area contributed by atoms with Crippen molar-refractivity contribution in [1.82, 2.24) is 9.78 Å². The maximum Gasteiger partial charge on any atom is 0.356 e. The van der Waals surface area contributed by atoms with Gasteiger partial charge in [-0.3, -0.25) is 4.68 Å². The molecule has 4 nitrogen and oxygen atoms in total. The summed E-state index contributed by atoms with van der Waals surface area (Å²) in [6, 6.07) is 4.50. The molecule has 0 aliphatic heterocycles. The van der Waals surface area contributed by atoms with Gasteiger partial charge < -0.3 is 5.11 Å². The molecule has 0 amide bonds. The minimum Gasteiger partial charge on any atom is -0.476 e. The molecule has 0 saturated carbocycles. The molecule has 6 heteroatoms. The van der Waals surface area contributed by atoms with Gasteiger partial charge in [-0.05, 0) is 31.2 Å². The quantitative estimate of drug-likeness (QED) is 0.911. The molecule has 2 rings (SSSR count). The lowest BCUT2D eigenvalue weighted by molar-refractivity contribution is 0.0689. The third kappa shape index (κ3) is 2.37. The fourth-order valence-electron chi connectivity index (χ4n) is 1.60. The predicted molar refractivity (Wildman–Crippen MR) is 59.4 cm³/mol. The Kier molecular flexibility index (Phi) is 3.10. The molecule has 1 aromatic heterocycles. The zero-order chi connectivity index (χ0) is 13.3. The topological polar surface area (TPSA) is 55.1 Å². The van der Waals surface area contributed by atoms with Crippen LogP contribution in [0.3, 0.4) is 0 Å². The molecule has 18 heavy (non-hydrogen) atoms. The normalized spacial score (nSPS) is 10.6. The van der Waals surface area contributed by atoms with Gasteiger partial charge in [-0.2, -0.15) is 5.10 Å². The molecule has 94 valence electrons. The maximum atomic E-state index is 13.4. The van der Waals surface area contributed by atoms with Gasteiger partial charge in [0.15, 0.2) is 5.69 Å². The number of carboxylic acid groups (broad SMARTS) is 1. The van der Waals surface area contributed by atoms with Crippen LogP contribution in [0.5, 0.6) is 0 Å². The fraction of sp³-hybridized carbons (Fsp3) is 0.167. The first-order chi connectivity index (χ1) is 8.47. The zero-order valence-corrected chi connectivity index (χ0v) is 9.52. The summed E-state index contributed by atoms with van der Waals surface area (Å²) in [5.41, 5.74) is 0.568. The molecule has 0 radical (unpaired) electrons. The monoisotopic (exact) mass is 252 g/mol. The molecule has 0 atom stereocenters. The van der Waals surface area contributed by atoms with Crippen molar-refractivity contribution in [2.45, 2.75) is 13.5 Å². The third-order valence-electron chi connectivity index (χ3n) is 2.53. The average Bonchev–Trinajstić information content (AvgIpc) is 2.66. The Morgan fingerprint density at radius 1 is 1.39 bits per heavy atom. The number of hydrogen-bond donors (Lipinski definition) is 1. The van der Waals surface area contributed by atoms with Crippen molar-refractivity contribution in [2.24, 2.45) is 0 Å². The second-order valence-electron chi connectivity index (χ2n) is 3.87. The van der Waals surface area contributed by atoms with Crippen molar-refractivity contribution in [3.8, 4) is 0 Å². The van der Waals surface area contributed by atoms with E-state index in [0.717, 1.165) is 18.2 Å². The maximum absolute atomic E-state index is 13.4. The summed E-state index contributed by atoms with van der Waals surface area (Å²) in [6.45, 7) is 1.64. The molecule has 0 bridgehead atoms. The van der Waals surface area contributed by atoms with Crippen molar-refractivity contribution in [1.29, 1.82) is 0 Å². The first-order valence-electron chi connectivity index (χ1n) is 5.19. The van der Waals surface area contributed by atoms with Gasteiger partial charge in [0, 0.05) is 11.3 Å². The highest BCUT2D eigenvalue weighted by Gasteiger charge is 2.12. The number of carboxylic acids is 1. The molecular weight excluding hydrogens is 242 g/mol. The van der Waals surface area contributed by atoms with E-state index < -0.39 is 17.6 Å². The Bertz CT molecular complexity index is 608. The van der Waals surface area contributed by atoms with Gasteiger partial charge in [0.2, 0.25) is 0 Å². The van der Waals surface area contributed by atoms with Crippen LogP contribution in [0.2, 0.25) is 0 Å². The Hall–Kier alpha value is -2.24. The van der Waals surface area contributed by atoms with E-state index in [-0.39, 0.29) is 17.8 Å². The Labute approximate surface area is 101 Å². The summed E-state index contributed by atoms with van der Waals surface area (Å²) in [4.78, 5) is 10.7. The minimum atomic E-state index is -1.16. The lowest BCUT2D eigenvalue weighted by atomic mass is 10.2. The first kappa shape index (κ1) is 12.2. The van der Waals surface area contributed by atoms with E-state index in [0.29, 0.717) is 5.69 Å². The van der Waals surface area contributed by atoms with Crippen LogP contribution in [0.1, 0.15) is 21.7 Å². The van der Waals surface area contributed by atoms with Crippen molar-refractivity contribution in [3.63, 3.8) is 0 Å². The minimum absolute atomic E-state index is 0.0112. The number of halogens is 2. The first-order valence-corrected chi connectivity index (χ1v) is 5.19. The van der Waals surface area contributed by atoms with E-state index in [4.69, 9.17) is 5.11 Å². The number of benzene rings is 1. The van der Waals surface area contributed by atoms with E-state index >= 15 is 0 Å². The summed E-state index contributed by atoms with van der Waals surface area (Å²) >= 11 is 0. The molecule has 0 aliphatic carbocycles. The highest BCUT2D eigenvalue weighted by Crippen LogP contribution is 2.13. The van der Waals surface area contributed by atoms with Gasteiger partial charge in [0.25, 0.3) is 0 Å². The highest BCUT2D eigenvalue weighted by molar-refractivity contribution is 5.85. The van der Waals surface area contributed by atoms with Crippen LogP contribution in [0.4, 0.5) is 8.78 Å². The zero-order valence-electron chi connectivity index (χ0n) is 9.52. The summed E-state index contributed by atoms with van der Waals surface area (Å²) in [7, 11) is 0. The van der Waals surface area contributed by atoms with Crippen molar-refractivity contribution >= 4 is 5.97 Å². The summed E-state index contributed by atoms with van der Waals surface area (Å²) in [5, 5.41) is 12.6. The molecule has 0 unspecified atom stereocenters. The van der Waals surface area contributed by atoms with E-state index in [2.05, 4.69) is 5.10 Å². The van der Waals surface area contributed by atoms with Crippen molar-refractivity contribution < 1.29 is 18.7 Å². The second-order valence-corrected chi connectivity index (χ2v) is 3.87. The number of aryl methyl sites for hydroxylation is 1. The van der Waals surface area contributed by atoms with E-state index in [1.54, 1.807) is 6.92 Å². The van der Waals surface area contributed by atoms with Gasteiger partial charge in [-0.15, -0.1) is 0 Å². The molecule has 1 N–H and O–H groups in total. The van der Waals surface area contributed by atoms with Crippen LogP contribution in [0.25, 0.3) is 0 Å². The van der Waals surface area contributed by atoms with Gasteiger partial charge in [-0.1, -0.05) is 0 Å². The van der Waals surface area contributed by atoms with E-state index in [9.17, 15) is 13.6 Å². The molecular formula is C12H10F2N2O2. The largest absolute Gasteiger partial charge is 0.476 e. The van der Waals surface area contributed by atoms with Crippen LogP contribution in [-0.2, 0) is 6.54 Å². The number of aromatic nitrogens is 2. The van der Waals surface area contributed by atoms with Gasteiger partial charge in [0.1, 0.15) is 11.6 Å². The highest BCUT2D eigenvalue weighted by atomic mass is 19.1. The van der Waals surface area contributed by atoms with Gasteiger partial charge >= 0.3 is 5.97 Å². The lowest BCUT2D eigenvalue weighted by Crippen LogP contribution is -2.07. The number of carbonyl (C=O) groups is 1. The van der Waals surface area contributed by atoms with Crippen LogP contribution in [-0.4, -0.2) is 20.9 Å². The molecule has 1 aromatic carbocycles. The van der Waals surface area contributed by atoms with Crippen molar-refractivity contribution in [2.75, 3.05) is 0 Å². The predicted octanol–water partition coefficient (Wildman–Crippen LogP) is 2.22. The number of rotatable bonds is 3. The van der Waals surface area contributed by atoms with Gasteiger partial charge in [0.05, 0.1) is 6.54 Å². The Morgan fingerprint density at radius 3 is 2.72 bits per heavy atom. The van der Waals surface area contributed by atoms with Crippen LogP contribution in [0, 0.1) is 18.6 Å². The molecule has 0 fully saturated rings. The smallest absolute Gasteiger partial charge is 0.356 e. The number of hydrogen-bond acceptors (Lipinski definition) is 2. The molecule has 0 saturated heterocycles. The van der Waals surface area contributed by atoms with E-state index in [1.165, 1.54) is 10.7 Å².